The van der Waals surface area contributed by atoms with Crippen molar-refractivity contribution in [1.82, 2.24) is 0 Å². The SMILES string of the molecule is Clc1ccc(N=C2CN(c3ccsc3)c3ccccc32)cc1. The van der Waals surface area contributed by atoms with E-state index in [4.69, 9.17) is 16.6 Å². The lowest BCUT2D eigenvalue weighted by Crippen LogP contribution is -2.15. The van der Waals surface area contributed by atoms with E-state index in [2.05, 4.69) is 46.0 Å². The van der Waals surface area contributed by atoms with Crippen LogP contribution in [0.1, 0.15) is 5.56 Å². The molecule has 108 valence electrons. The fourth-order valence-corrected chi connectivity index (χ4v) is 3.45. The van der Waals surface area contributed by atoms with Crippen LogP contribution in [-0.2, 0) is 0 Å². The smallest absolute Gasteiger partial charge is 0.0701 e. The Morgan fingerprint density at radius 3 is 2.59 bits per heavy atom. The number of rotatable bonds is 2. The molecule has 0 aliphatic carbocycles. The fraction of sp³-hybridized carbons (Fsp3) is 0.0556. The summed E-state index contributed by atoms with van der Waals surface area (Å²) in [5.74, 6) is 0. The topological polar surface area (TPSA) is 15.6 Å². The van der Waals surface area contributed by atoms with Gasteiger partial charge in [-0.2, -0.15) is 11.3 Å². The van der Waals surface area contributed by atoms with Crippen LogP contribution in [0.25, 0.3) is 0 Å². The third kappa shape index (κ3) is 2.43. The molecule has 2 nitrogen and oxygen atoms in total. The molecular formula is C18H13ClN2S. The van der Waals surface area contributed by atoms with Gasteiger partial charge in [-0.05, 0) is 41.8 Å². The molecule has 0 unspecified atom stereocenters. The van der Waals surface area contributed by atoms with Crippen molar-refractivity contribution in [2.45, 2.75) is 0 Å². The molecule has 2 aromatic carbocycles. The quantitative estimate of drug-likeness (QED) is 0.592. The molecule has 1 aromatic heterocycles. The van der Waals surface area contributed by atoms with Gasteiger partial charge in [-0.3, -0.25) is 4.99 Å². The Morgan fingerprint density at radius 2 is 1.82 bits per heavy atom. The van der Waals surface area contributed by atoms with Crippen molar-refractivity contribution in [3.8, 4) is 0 Å². The van der Waals surface area contributed by atoms with Crippen molar-refractivity contribution >= 4 is 45.7 Å². The zero-order valence-electron chi connectivity index (χ0n) is 11.7. The Bertz CT molecular complexity index is 823. The van der Waals surface area contributed by atoms with Crippen LogP contribution in [0, 0.1) is 0 Å². The molecule has 1 aliphatic heterocycles. The highest BCUT2D eigenvalue weighted by Crippen LogP contribution is 2.36. The first-order chi connectivity index (χ1) is 10.8. The third-order valence-corrected chi connectivity index (χ3v) is 4.64. The Kier molecular flexibility index (Phi) is 3.45. The monoisotopic (exact) mass is 324 g/mol. The van der Waals surface area contributed by atoms with Gasteiger partial charge in [0.25, 0.3) is 0 Å². The number of hydrogen-bond donors (Lipinski definition) is 0. The molecule has 0 saturated carbocycles. The second-order valence-corrected chi connectivity index (χ2v) is 6.34. The van der Waals surface area contributed by atoms with Crippen molar-refractivity contribution in [3.05, 3.63) is 75.9 Å². The Hall–Kier alpha value is -2.10. The van der Waals surface area contributed by atoms with E-state index in [1.807, 2.05) is 24.3 Å². The van der Waals surface area contributed by atoms with Gasteiger partial charge in [-0.25, -0.2) is 0 Å². The standard InChI is InChI=1S/C18H13ClN2S/c19-13-5-7-14(8-6-13)20-17-11-21(15-9-10-22-12-15)18-4-2-1-3-16(17)18/h1-10,12H,11H2. The van der Waals surface area contributed by atoms with Crippen molar-refractivity contribution in [3.63, 3.8) is 0 Å². The van der Waals surface area contributed by atoms with E-state index in [0.717, 1.165) is 23.0 Å². The van der Waals surface area contributed by atoms with Crippen molar-refractivity contribution in [2.24, 2.45) is 4.99 Å². The molecule has 0 N–H and O–H groups in total. The van der Waals surface area contributed by atoms with Gasteiger partial charge in [-0.15, -0.1) is 0 Å². The summed E-state index contributed by atoms with van der Waals surface area (Å²) in [5.41, 5.74) is 5.65. The molecule has 0 spiro atoms. The summed E-state index contributed by atoms with van der Waals surface area (Å²) < 4.78 is 0. The molecule has 1 aliphatic rings. The summed E-state index contributed by atoms with van der Waals surface area (Å²) in [5, 5.41) is 5.00. The maximum absolute atomic E-state index is 5.94. The predicted octanol–water partition coefficient (Wildman–Crippen LogP) is 5.67. The van der Waals surface area contributed by atoms with Gasteiger partial charge in [0.1, 0.15) is 0 Å². The molecule has 0 fully saturated rings. The van der Waals surface area contributed by atoms with Crippen LogP contribution >= 0.6 is 22.9 Å². The maximum Gasteiger partial charge on any atom is 0.0701 e. The Balaban J connectivity index is 1.77. The molecule has 0 saturated heterocycles. The minimum Gasteiger partial charge on any atom is -0.334 e. The van der Waals surface area contributed by atoms with Crippen molar-refractivity contribution < 1.29 is 0 Å². The number of benzene rings is 2. The lowest BCUT2D eigenvalue weighted by Gasteiger charge is -2.16. The maximum atomic E-state index is 5.94. The van der Waals surface area contributed by atoms with Gasteiger partial charge in [0.15, 0.2) is 0 Å². The lowest BCUT2D eigenvalue weighted by atomic mass is 10.1. The summed E-state index contributed by atoms with van der Waals surface area (Å²) in [7, 11) is 0. The van der Waals surface area contributed by atoms with Gasteiger partial charge in [-0.1, -0.05) is 29.8 Å². The van der Waals surface area contributed by atoms with Gasteiger partial charge < -0.3 is 4.90 Å². The van der Waals surface area contributed by atoms with E-state index in [9.17, 15) is 0 Å². The van der Waals surface area contributed by atoms with Crippen molar-refractivity contribution in [2.75, 3.05) is 11.4 Å². The third-order valence-electron chi connectivity index (χ3n) is 3.72. The molecule has 0 amide bonds. The van der Waals surface area contributed by atoms with Gasteiger partial charge in [0, 0.05) is 16.0 Å². The lowest BCUT2D eigenvalue weighted by molar-refractivity contribution is 1.18. The van der Waals surface area contributed by atoms with E-state index >= 15 is 0 Å². The molecule has 2 heterocycles. The highest BCUT2D eigenvalue weighted by Gasteiger charge is 2.25. The summed E-state index contributed by atoms with van der Waals surface area (Å²) >= 11 is 7.66. The van der Waals surface area contributed by atoms with Crippen molar-refractivity contribution in [1.29, 1.82) is 0 Å². The van der Waals surface area contributed by atoms with Crippen LogP contribution in [0.2, 0.25) is 5.02 Å². The highest BCUT2D eigenvalue weighted by molar-refractivity contribution is 7.08. The minimum absolute atomic E-state index is 0.732. The molecule has 3 aromatic rings. The zero-order chi connectivity index (χ0) is 14.9. The van der Waals surface area contributed by atoms with E-state index in [1.54, 1.807) is 11.3 Å². The van der Waals surface area contributed by atoms with Gasteiger partial charge in [0.2, 0.25) is 0 Å². The first kappa shape index (κ1) is 13.6. The average Bonchev–Trinajstić information content (AvgIpc) is 3.18. The molecule has 4 rings (SSSR count). The summed E-state index contributed by atoms with van der Waals surface area (Å²) in [6.45, 7) is 0.790. The van der Waals surface area contributed by atoms with E-state index in [1.165, 1.54) is 16.9 Å². The van der Waals surface area contributed by atoms with E-state index < -0.39 is 0 Å². The second kappa shape index (κ2) is 5.59. The van der Waals surface area contributed by atoms with Crippen LogP contribution in [0.5, 0.6) is 0 Å². The van der Waals surface area contributed by atoms with Crippen LogP contribution in [-0.4, -0.2) is 12.3 Å². The number of nitrogens with zero attached hydrogens (tertiary/aromatic N) is 2. The summed E-state index contributed by atoms with van der Waals surface area (Å²) in [6, 6.07) is 18.2. The van der Waals surface area contributed by atoms with E-state index in [0.29, 0.717) is 0 Å². The average molecular weight is 325 g/mol. The van der Waals surface area contributed by atoms with Gasteiger partial charge >= 0.3 is 0 Å². The number of fused-ring (bicyclic) bond motifs is 1. The summed E-state index contributed by atoms with van der Waals surface area (Å²) in [6.07, 6.45) is 0. The second-order valence-electron chi connectivity index (χ2n) is 5.12. The first-order valence-corrected chi connectivity index (χ1v) is 8.35. The molecular weight excluding hydrogens is 312 g/mol. The number of anilines is 2. The number of thiophene rings is 1. The number of hydrogen-bond acceptors (Lipinski definition) is 3. The Morgan fingerprint density at radius 1 is 1.00 bits per heavy atom. The van der Waals surface area contributed by atoms with Crippen LogP contribution in [0.4, 0.5) is 17.1 Å². The minimum atomic E-state index is 0.732. The largest absolute Gasteiger partial charge is 0.334 e. The predicted molar refractivity (Wildman–Crippen MR) is 95.4 cm³/mol. The van der Waals surface area contributed by atoms with Crippen LogP contribution < -0.4 is 4.90 Å². The van der Waals surface area contributed by atoms with Crippen LogP contribution in [0.15, 0.2) is 70.3 Å². The van der Waals surface area contributed by atoms with Crippen LogP contribution in [0.3, 0.4) is 0 Å². The molecule has 0 atom stereocenters. The molecule has 4 heteroatoms. The van der Waals surface area contributed by atoms with Gasteiger partial charge in [0.05, 0.1) is 29.3 Å². The highest BCUT2D eigenvalue weighted by atomic mass is 35.5. The first-order valence-electron chi connectivity index (χ1n) is 7.03. The molecule has 0 bridgehead atoms. The molecule has 0 radical (unpaired) electrons. The molecule has 22 heavy (non-hydrogen) atoms. The Labute approximate surface area is 138 Å². The fourth-order valence-electron chi connectivity index (χ4n) is 2.68. The normalized spacial score (nSPS) is 15.3. The number of halogens is 1. The zero-order valence-corrected chi connectivity index (χ0v) is 13.3. The summed E-state index contributed by atoms with van der Waals surface area (Å²) in [4.78, 5) is 7.13. The van der Waals surface area contributed by atoms with E-state index in [-0.39, 0.29) is 0 Å². The number of aliphatic imine (C=N–C) groups is 1. The number of para-hydroxylation sites is 1.